The number of nitrogens with zero attached hydrogens (tertiary/aromatic N) is 2. The van der Waals surface area contributed by atoms with Gasteiger partial charge in [0, 0.05) is 42.7 Å². The number of ether oxygens (including phenoxy) is 2. The van der Waals surface area contributed by atoms with E-state index in [0.717, 1.165) is 81.3 Å². The largest absolute Gasteiger partial charge is 0.490 e. The first-order chi connectivity index (χ1) is 22.5. The molecular weight excluding hydrogens is 634 g/mol. The Morgan fingerprint density at radius 3 is 2.66 bits per heavy atom. The van der Waals surface area contributed by atoms with Gasteiger partial charge in [-0.2, -0.15) is 0 Å². The number of benzene rings is 2. The molecule has 1 saturated carbocycles. The maximum atomic E-state index is 13.5. The highest BCUT2D eigenvalue weighted by atomic mass is 35.5. The van der Waals surface area contributed by atoms with Crippen molar-refractivity contribution < 1.29 is 22.7 Å². The summed E-state index contributed by atoms with van der Waals surface area (Å²) in [6.07, 6.45) is 11.3. The van der Waals surface area contributed by atoms with E-state index < -0.39 is 26.8 Å². The van der Waals surface area contributed by atoms with Crippen LogP contribution in [0, 0.1) is 17.8 Å². The number of carbonyl (C=O) groups is 1. The van der Waals surface area contributed by atoms with Crippen LogP contribution in [0.15, 0.2) is 48.6 Å². The van der Waals surface area contributed by atoms with Gasteiger partial charge in [-0.25, -0.2) is 13.1 Å². The Morgan fingerprint density at radius 1 is 1.11 bits per heavy atom. The second-order valence-corrected chi connectivity index (χ2v) is 17.3. The van der Waals surface area contributed by atoms with Crippen molar-refractivity contribution in [3.8, 4) is 5.75 Å². The van der Waals surface area contributed by atoms with E-state index in [0.29, 0.717) is 30.4 Å². The lowest BCUT2D eigenvalue weighted by molar-refractivity contribution is -0.0985. The zero-order valence-electron chi connectivity index (χ0n) is 27.8. The average molecular weight is 682 g/mol. The van der Waals surface area contributed by atoms with Gasteiger partial charge in [0.2, 0.25) is 10.0 Å². The summed E-state index contributed by atoms with van der Waals surface area (Å²) in [5.74, 6) is 0.599. The number of allylic oxidation sites excluding steroid dienone is 1. The van der Waals surface area contributed by atoms with Crippen LogP contribution >= 0.6 is 11.6 Å². The molecule has 5 aliphatic rings. The fraction of sp³-hybridized carbons (Fsp3) is 0.595. The van der Waals surface area contributed by atoms with Crippen LogP contribution in [-0.2, 0) is 26.6 Å². The minimum Gasteiger partial charge on any atom is -0.490 e. The van der Waals surface area contributed by atoms with Crippen LogP contribution in [0.4, 0.5) is 5.69 Å². The first-order valence-corrected chi connectivity index (χ1v) is 19.3. The molecule has 1 spiro atoms. The fourth-order valence-electron chi connectivity index (χ4n) is 8.70. The third kappa shape index (κ3) is 6.11. The number of fused-ring (bicyclic) bond motifs is 4. The van der Waals surface area contributed by atoms with Gasteiger partial charge in [0.05, 0.1) is 17.5 Å². The number of methoxy groups -OCH3 is 1. The van der Waals surface area contributed by atoms with Crippen molar-refractivity contribution in [3.05, 3.63) is 70.3 Å². The third-order valence-corrected chi connectivity index (χ3v) is 14.2. The van der Waals surface area contributed by atoms with E-state index in [4.69, 9.17) is 21.1 Å². The predicted octanol–water partition coefficient (Wildman–Crippen LogP) is 5.97. The lowest BCUT2D eigenvalue weighted by Gasteiger charge is -2.52. The van der Waals surface area contributed by atoms with Crippen LogP contribution in [0.5, 0.6) is 5.75 Å². The summed E-state index contributed by atoms with van der Waals surface area (Å²) >= 11 is 6.46. The second kappa shape index (κ2) is 12.7. The molecule has 2 aliphatic carbocycles. The Balaban J connectivity index is 1.32. The van der Waals surface area contributed by atoms with E-state index in [2.05, 4.69) is 38.8 Å². The smallest absolute Gasteiger partial charge is 0.264 e. The fourth-order valence-corrected chi connectivity index (χ4v) is 10.2. The number of hydrogen-bond donors (Lipinski definition) is 1. The predicted molar refractivity (Wildman–Crippen MR) is 186 cm³/mol. The molecule has 0 unspecified atom stereocenters. The molecule has 3 heterocycles. The lowest BCUT2D eigenvalue weighted by atomic mass is 9.63. The van der Waals surface area contributed by atoms with Gasteiger partial charge in [-0.15, -0.1) is 0 Å². The van der Waals surface area contributed by atoms with Gasteiger partial charge in [-0.3, -0.25) is 4.79 Å². The van der Waals surface area contributed by atoms with Gasteiger partial charge < -0.3 is 19.3 Å². The molecular formula is C37H48ClN3O5S. The van der Waals surface area contributed by atoms with Gasteiger partial charge in [0.1, 0.15) is 11.4 Å². The van der Waals surface area contributed by atoms with E-state index in [-0.39, 0.29) is 11.3 Å². The van der Waals surface area contributed by atoms with E-state index in [9.17, 15) is 13.2 Å². The van der Waals surface area contributed by atoms with Crippen LogP contribution in [0.1, 0.15) is 73.9 Å². The monoisotopic (exact) mass is 681 g/mol. The highest BCUT2D eigenvalue weighted by Crippen LogP contribution is 2.49. The van der Waals surface area contributed by atoms with Crippen molar-refractivity contribution in [2.75, 3.05) is 51.3 Å². The second-order valence-electron chi connectivity index (χ2n) is 14.8. The van der Waals surface area contributed by atoms with Crippen LogP contribution in [-0.4, -0.2) is 76.5 Å². The number of carbonyl (C=O) groups excluding carboxylic acids is 1. The van der Waals surface area contributed by atoms with E-state index >= 15 is 0 Å². The van der Waals surface area contributed by atoms with Crippen molar-refractivity contribution >= 4 is 33.2 Å². The number of aryl methyl sites for hydroxylation is 1. The number of halogens is 1. The molecule has 2 aromatic carbocycles. The van der Waals surface area contributed by atoms with Crippen LogP contribution in [0.3, 0.4) is 0 Å². The van der Waals surface area contributed by atoms with E-state index in [1.54, 1.807) is 13.0 Å². The summed E-state index contributed by atoms with van der Waals surface area (Å²) < 4.78 is 42.5. The maximum Gasteiger partial charge on any atom is 0.264 e. The van der Waals surface area contributed by atoms with Gasteiger partial charge in [-0.1, -0.05) is 36.7 Å². The molecule has 1 saturated heterocycles. The Bertz CT molecular complexity index is 1660. The molecule has 8 nitrogen and oxygen atoms in total. The highest BCUT2D eigenvalue weighted by Gasteiger charge is 2.50. The summed E-state index contributed by atoms with van der Waals surface area (Å²) in [5, 5.41) is -0.00499. The molecule has 0 radical (unpaired) electrons. The molecule has 0 aromatic heterocycles. The normalized spacial score (nSPS) is 34.5. The average Bonchev–Trinajstić information content (AvgIpc) is 3.16. The first-order valence-electron chi connectivity index (χ1n) is 17.3. The number of amides is 1. The van der Waals surface area contributed by atoms with Crippen molar-refractivity contribution in [2.24, 2.45) is 17.8 Å². The summed E-state index contributed by atoms with van der Waals surface area (Å²) in [6, 6.07) is 11.6. The summed E-state index contributed by atoms with van der Waals surface area (Å²) in [4.78, 5) is 18.4. The highest BCUT2D eigenvalue weighted by molar-refractivity contribution is 7.90. The molecule has 2 aromatic rings. The molecule has 254 valence electrons. The molecule has 2 fully saturated rings. The topological polar surface area (TPSA) is 88.2 Å². The standard InChI is InChI=1S/C37H48ClN3O5S/c1-25-7-4-16-37(45-3,23-40-17-6-18-40)32-12-9-29(32)21-41-22-36(15-5-8-27-19-30(38)11-13-31(27)36)24-46-34-14-10-28(20-33(34)41)35(42)39-47(43,44)26(25)2/h4,10-11,13-14,16,19-20,25-26,29,32H,5-9,12,15,17-18,21-24H2,1-3H3,(H,39,42)/b16-4-/t25-,26+,29-,32+,36-,37-/m0/s1. The summed E-state index contributed by atoms with van der Waals surface area (Å²) in [5.41, 5.74) is 3.01. The quantitative estimate of drug-likeness (QED) is 0.399. The van der Waals surface area contributed by atoms with E-state index in [1.165, 1.54) is 17.5 Å². The van der Waals surface area contributed by atoms with Crippen molar-refractivity contribution in [3.63, 3.8) is 0 Å². The number of nitrogens with one attached hydrogen (secondary N) is 1. The van der Waals surface area contributed by atoms with Gasteiger partial charge in [-0.05, 0) is 124 Å². The third-order valence-electron chi connectivity index (χ3n) is 12.0. The van der Waals surface area contributed by atoms with Crippen LogP contribution in [0.2, 0.25) is 5.02 Å². The van der Waals surface area contributed by atoms with Gasteiger partial charge >= 0.3 is 0 Å². The number of rotatable bonds is 3. The zero-order chi connectivity index (χ0) is 33.0. The van der Waals surface area contributed by atoms with Crippen molar-refractivity contribution in [1.29, 1.82) is 0 Å². The van der Waals surface area contributed by atoms with Crippen molar-refractivity contribution in [1.82, 2.24) is 9.62 Å². The molecule has 1 N–H and O–H groups in total. The van der Waals surface area contributed by atoms with Crippen molar-refractivity contribution in [2.45, 2.75) is 75.1 Å². The molecule has 47 heavy (non-hydrogen) atoms. The van der Waals surface area contributed by atoms with E-state index in [1.807, 2.05) is 32.2 Å². The van der Waals surface area contributed by atoms with Gasteiger partial charge in [0.15, 0.2) is 0 Å². The van der Waals surface area contributed by atoms with Crippen LogP contribution < -0.4 is 14.4 Å². The molecule has 3 aliphatic heterocycles. The number of sulfonamides is 1. The zero-order valence-corrected chi connectivity index (χ0v) is 29.4. The Kier molecular flexibility index (Phi) is 8.90. The maximum absolute atomic E-state index is 13.5. The Labute approximate surface area is 284 Å². The van der Waals surface area contributed by atoms with Crippen LogP contribution in [0.25, 0.3) is 0 Å². The SMILES string of the molecule is CO[C@]1(CN2CCC2)/C=C\C[C@H](C)[C@@H](C)S(=O)(=O)NC(=O)c2ccc3c(c2)N(C[C@@H]2CC[C@H]21)C[C@@]1(CCCc2cc(Cl)ccc21)CO3. The van der Waals surface area contributed by atoms with Gasteiger partial charge in [0.25, 0.3) is 5.91 Å². The molecule has 7 rings (SSSR count). The molecule has 10 heteroatoms. The molecule has 6 atom stereocenters. The number of hydrogen-bond acceptors (Lipinski definition) is 7. The first kappa shape index (κ1) is 32.9. The lowest BCUT2D eigenvalue weighted by Crippen LogP contribution is -2.58. The minimum absolute atomic E-state index is 0.194. The number of anilines is 1. The minimum atomic E-state index is -3.92. The molecule has 1 amide bonds. The Morgan fingerprint density at radius 2 is 1.94 bits per heavy atom. The Hall–Kier alpha value is -2.59. The molecule has 2 bridgehead atoms. The number of likely N-dealkylation sites (tertiary alicyclic amines) is 1. The summed E-state index contributed by atoms with van der Waals surface area (Å²) in [7, 11) is -2.08. The summed E-state index contributed by atoms with van der Waals surface area (Å²) in [6.45, 7) is 8.65.